The zero-order chi connectivity index (χ0) is 21.8. The Morgan fingerprint density at radius 1 is 1.26 bits per heavy atom. The molecular formula is C23H33N3O5. The molecule has 3 fully saturated rings. The molecule has 0 saturated carbocycles. The molecule has 1 spiro atoms. The molecule has 3 heterocycles. The van der Waals surface area contributed by atoms with Crippen molar-refractivity contribution in [3.63, 3.8) is 0 Å². The average molecular weight is 432 g/mol. The maximum Gasteiger partial charge on any atom is 0.321 e. The van der Waals surface area contributed by atoms with Crippen LogP contribution in [-0.4, -0.2) is 98.4 Å². The number of methoxy groups -OCH3 is 2. The first kappa shape index (κ1) is 21.9. The highest BCUT2D eigenvalue weighted by Gasteiger charge is 2.54. The quantitative estimate of drug-likeness (QED) is 0.658. The summed E-state index contributed by atoms with van der Waals surface area (Å²) >= 11 is 0. The highest BCUT2D eigenvalue weighted by molar-refractivity contribution is 5.80. The fraction of sp³-hybridized carbons (Fsp3) is 0.652. The lowest BCUT2D eigenvalue weighted by Crippen LogP contribution is -2.56. The van der Waals surface area contributed by atoms with Crippen molar-refractivity contribution in [1.82, 2.24) is 14.7 Å². The second-order valence-corrected chi connectivity index (χ2v) is 8.73. The minimum atomic E-state index is -0.234. The largest absolute Gasteiger partial charge is 0.497 e. The maximum absolute atomic E-state index is 13.2. The van der Waals surface area contributed by atoms with Crippen LogP contribution in [0.1, 0.15) is 24.8 Å². The fourth-order valence-electron chi connectivity index (χ4n) is 5.13. The van der Waals surface area contributed by atoms with Crippen molar-refractivity contribution in [2.45, 2.75) is 37.3 Å². The topological polar surface area (TPSA) is 71.6 Å². The van der Waals surface area contributed by atoms with Gasteiger partial charge in [-0.2, -0.15) is 0 Å². The summed E-state index contributed by atoms with van der Waals surface area (Å²) in [4.78, 5) is 32.0. The van der Waals surface area contributed by atoms with Gasteiger partial charge in [-0.15, -0.1) is 0 Å². The molecule has 3 amide bonds. The molecule has 4 rings (SSSR count). The van der Waals surface area contributed by atoms with E-state index in [1.807, 2.05) is 34.1 Å². The Hall–Kier alpha value is -2.32. The van der Waals surface area contributed by atoms with Gasteiger partial charge in [-0.25, -0.2) is 4.79 Å². The highest BCUT2D eigenvalue weighted by atomic mass is 16.5. The van der Waals surface area contributed by atoms with E-state index in [1.165, 1.54) is 0 Å². The Morgan fingerprint density at radius 3 is 2.74 bits per heavy atom. The molecule has 1 atom stereocenters. The number of amides is 3. The number of ether oxygens (including phenoxy) is 3. The summed E-state index contributed by atoms with van der Waals surface area (Å²) in [6, 6.07) is 7.88. The van der Waals surface area contributed by atoms with E-state index in [0.29, 0.717) is 52.4 Å². The van der Waals surface area contributed by atoms with Gasteiger partial charge in [0.2, 0.25) is 5.91 Å². The van der Waals surface area contributed by atoms with E-state index in [9.17, 15) is 9.59 Å². The van der Waals surface area contributed by atoms with Gasteiger partial charge in [0.25, 0.3) is 0 Å². The molecule has 1 unspecified atom stereocenters. The number of piperidine rings is 1. The minimum absolute atomic E-state index is 0.0868. The van der Waals surface area contributed by atoms with Crippen LogP contribution in [0.15, 0.2) is 24.3 Å². The smallest absolute Gasteiger partial charge is 0.321 e. The summed E-state index contributed by atoms with van der Waals surface area (Å²) in [5, 5.41) is 0. The van der Waals surface area contributed by atoms with Crippen LogP contribution in [0.25, 0.3) is 0 Å². The molecule has 8 nitrogen and oxygen atoms in total. The number of likely N-dealkylation sites (tertiary alicyclic amines) is 1. The van der Waals surface area contributed by atoms with Crippen LogP contribution >= 0.6 is 0 Å². The predicted octanol–water partition coefficient (Wildman–Crippen LogP) is 1.77. The lowest BCUT2D eigenvalue weighted by molar-refractivity contribution is -0.132. The van der Waals surface area contributed by atoms with Gasteiger partial charge in [-0.1, -0.05) is 12.1 Å². The van der Waals surface area contributed by atoms with E-state index >= 15 is 0 Å². The number of hydrogen-bond donors (Lipinski definition) is 0. The number of carbonyl (C=O) groups is 2. The molecule has 3 aliphatic heterocycles. The average Bonchev–Trinajstić information content (AvgIpc) is 3.36. The van der Waals surface area contributed by atoms with Gasteiger partial charge < -0.3 is 28.9 Å². The molecule has 3 saturated heterocycles. The number of carbonyl (C=O) groups excluding carboxylic acids is 2. The first-order chi connectivity index (χ1) is 15.1. The van der Waals surface area contributed by atoms with Crippen molar-refractivity contribution in [3.05, 3.63) is 29.8 Å². The molecule has 0 aromatic heterocycles. The molecule has 0 bridgehead atoms. The number of rotatable bonds is 7. The molecule has 1 aromatic carbocycles. The van der Waals surface area contributed by atoms with Crippen LogP contribution in [0, 0.1) is 0 Å². The molecule has 1 aromatic rings. The van der Waals surface area contributed by atoms with Crippen molar-refractivity contribution < 1.29 is 23.8 Å². The Morgan fingerprint density at radius 2 is 2.06 bits per heavy atom. The molecule has 0 radical (unpaired) electrons. The summed E-state index contributed by atoms with van der Waals surface area (Å²) in [6.07, 6.45) is 2.84. The van der Waals surface area contributed by atoms with Crippen LogP contribution in [0.2, 0.25) is 0 Å². The number of benzene rings is 1. The normalized spacial score (nSPS) is 24.5. The molecule has 3 aliphatic rings. The van der Waals surface area contributed by atoms with Crippen molar-refractivity contribution in [2.24, 2.45) is 0 Å². The van der Waals surface area contributed by atoms with E-state index in [-0.39, 0.29) is 23.5 Å². The van der Waals surface area contributed by atoms with E-state index in [0.717, 1.165) is 30.6 Å². The van der Waals surface area contributed by atoms with E-state index in [1.54, 1.807) is 14.2 Å². The fourth-order valence-corrected chi connectivity index (χ4v) is 5.13. The van der Waals surface area contributed by atoms with Crippen molar-refractivity contribution in [3.8, 4) is 5.75 Å². The molecule has 31 heavy (non-hydrogen) atoms. The Kier molecular flexibility index (Phi) is 6.67. The van der Waals surface area contributed by atoms with Crippen LogP contribution in [0.4, 0.5) is 4.79 Å². The molecule has 170 valence electrons. The van der Waals surface area contributed by atoms with Crippen molar-refractivity contribution in [1.29, 1.82) is 0 Å². The van der Waals surface area contributed by atoms with Crippen LogP contribution in [0.3, 0.4) is 0 Å². The summed E-state index contributed by atoms with van der Waals surface area (Å²) < 4.78 is 16.2. The first-order valence-electron chi connectivity index (χ1n) is 11.1. The van der Waals surface area contributed by atoms with Gasteiger partial charge in [0.1, 0.15) is 5.75 Å². The Bertz CT molecular complexity index is 787. The number of urea groups is 1. The third kappa shape index (κ3) is 4.50. The van der Waals surface area contributed by atoms with Gasteiger partial charge in [-0.3, -0.25) is 4.79 Å². The zero-order valence-electron chi connectivity index (χ0n) is 18.5. The van der Waals surface area contributed by atoms with Crippen LogP contribution in [0.5, 0.6) is 5.75 Å². The highest BCUT2D eigenvalue weighted by Crippen LogP contribution is 2.38. The molecule has 8 heteroatoms. The monoisotopic (exact) mass is 431 g/mol. The van der Waals surface area contributed by atoms with E-state index in [2.05, 4.69) is 4.90 Å². The van der Waals surface area contributed by atoms with Gasteiger partial charge in [0.05, 0.1) is 32.3 Å². The van der Waals surface area contributed by atoms with Crippen LogP contribution < -0.4 is 4.74 Å². The van der Waals surface area contributed by atoms with Crippen molar-refractivity contribution >= 4 is 11.9 Å². The second-order valence-electron chi connectivity index (χ2n) is 8.73. The molecule has 0 N–H and O–H groups in total. The van der Waals surface area contributed by atoms with Gasteiger partial charge in [-0.05, 0) is 37.0 Å². The molecular weight excluding hydrogens is 398 g/mol. The summed E-state index contributed by atoms with van der Waals surface area (Å²) in [5.74, 6) is 0.888. The Balaban J connectivity index is 1.38. The van der Waals surface area contributed by atoms with Gasteiger partial charge >= 0.3 is 6.03 Å². The van der Waals surface area contributed by atoms with Crippen molar-refractivity contribution in [2.75, 3.05) is 60.2 Å². The number of hydrogen-bond acceptors (Lipinski definition) is 5. The SMILES string of the molecule is COCCN1CC2(CCOC2)N(C2CCN(C(=O)Cc3cccc(OC)c3)CC2)C1=O. The minimum Gasteiger partial charge on any atom is -0.497 e. The van der Waals surface area contributed by atoms with E-state index < -0.39 is 0 Å². The third-order valence-electron chi connectivity index (χ3n) is 6.79. The van der Waals surface area contributed by atoms with Crippen LogP contribution in [-0.2, 0) is 20.7 Å². The summed E-state index contributed by atoms with van der Waals surface area (Å²) in [5.41, 5.74) is 0.722. The second kappa shape index (κ2) is 9.44. The lowest BCUT2D eigenvalue weighted by atomic mass is 9.92. The zero-order valence-corrected chi connectivity index (χ0v) is 18.5. The number of nitrogens with zero attached hydrogens (tertiary/aromatic N) is 3. The lowest BCUT2D eigenvalue weighted by Gasteiger charge is -2.42. The maximum atomic E-state index is 13.2. The molecule has 0 aliphatic carbocycles. The summed E-state index contributed by atoms with van der Waals surface area (Å²) in [6.45, 7) is 4.47. The third-order valence-corrected chi connectivity index (χ3v) is 6.79. The Labute approximate surface area is 184 Å². The predicted molar refractivity (Wildman–Crippen MR) is 115 cm³/mol. The standard InChI is InChI=1S/C23H33N3O5/c1-29-13-11-25-16-23(8-12-31-17-23)26(22(25)28)19-6-9-24(10-7-19)21(27)15-18-4-3-5-20(14-18)30-2/h3-5,14,19H,6-13,15-17H2,1-2H3. The first-order valence-corrected chi connectivity index (χ1v) is 11.1. The van der Waals surface area contributed by atoms with Gasteiger partial charge in [0, 0.05) is 45.9 Å². The van der Waals surface area contributed by atoms with Gasteiger partial charge in [0.15, 0.2) is 0 Å². The summed E-state index contributed by atoms with van der Waals surface area (Å²) in [7, 11) is 3.29. The van der Waals surface area contributed by atoms with E-state index in [4.69, 9.17) is 14.2 Å².